The number of para-hydroxylation sites is 1. The molecule has 0 aliphatic rings. The molecule has 3 aromatic rings. The van der Waals surface area contributed by atoms with E-state index in [2.05, 4.69) is 5.32 Å². The van der Waals surface area contributed by atoms with E-state index in [1.54, 1.807) is 73.7 Å². The van der Waals surface area contributed by atoms with Crippen LogP contribution in [0.5, 0.6) is 0 Å². The molecule has 214 valence electrons. The van der Waals surface area contributed by atoms with Gasteiger partial charge in [-0.1, -0.05) is 80.4 Å². The zero-order valence-electron chi connectivity index (χ0n) is 23.7. The van der Waals surface area contributed by atoms with Crippen LogP contribution in [0.4, 0.5) is 5.69 Å². The number of carbonyl (C=O) groups is 2. The van der Waals surface area contributed by atoms with Gasteiger partial charge in [-0.05, 0) is 67.6 Å². The molecule has 9 heteroatoms. The van der Waals surface area contributed by atoms with Gasteiger partial charge < -0.3 is 10.2 Å². The second-order valence-electron chi connectivity index (χ2n) is 10.3. The smallest absolute Gasteiger partial charge is 0.264 e. The van der Waals surface area contributed by atoms with Crippen molar-refractivity contribution in [2.75, 3.05) is 17.4 Å². The van der Waals surface area contributed by atoms with Crippen molar-refractivity contribution in [2.45, 2.75) is 58.5 Å². The van der Waals surface area contributed by atoms with E-state index in [4.69, 9.17) is 11.6 Å². The number of hydrogen-bond donors (Lipinski definition) is 1. The lowest BCUT2D eigenvalue weighted by Gasteiger charge is -2.33. The highest BCUT2D eigenvalue weighted by atomic mass is 35.5. The maximum absolute atomic E-state index is 14.1. The molecule has 3 rings (SSSR count). The third-order valence-electron chi connectivity index (χ3n) is 6.61. The molecule has 1 unspecified atom stereocenters. The first-order valence-corrected chi connectivity index (χ1v) is 15.2. The van der Waals surface area contributed by atoms with Crippen molar-refractivity contribution in [1.82, 2.24) is 10.2 Å². The van der Waals surface area contributed by atoms with Gasteiger partial charge in [-0.3, -0.25) is 13.9 Å². The highest BCUT2D eigenvalue weighted by Gasteiger charge is 2.34. The average Bonchev–Trinajstić information content (AvgIpc) is 2.92. The van der Waals surface area contributed by atoms with Crippen LogP contribution in [0.1, 0.15) is 43.9 Å². The number of rotatable bonds is 12. The van der Waals surface area contributed by atoms with Gasteiger partial charge in [-0.15, -0.1) is 0 Å². The lowest BCUT2D eigenvalue weighted by molar-refractivity contribution is -0.140. The molecule has 0 fully saturated rings. The van der Waals surface area contributed by atoms with Crippen molar-refractivity contribution in [3.63, 3.8) is 0 Å². The molecule has 7 nitrogen and oxygen atoms in total. The molecule has 40 heavy (non-hydrogen) atoms. The van der Waals surface area contributed by atoms with Gasteiger partial charge in [0.2, 0.25) is 11.8 Å². The Morgan fingerprint density at radius 2 is 1.55 bits per heavy atom. The molecule has 0 saturated heterocycles. The molecule has 0 heterocycles. The second-order valence-corrected chi connectivity index (χ2v) is 12.6. The predicted octanol–water partition coefficient (Wildman–Crippen LogP) is 5.73. The normalized spacial score (nSPS) is 12.2. The Morgan fingerprint density at radius 1 is 0.925 bits per heavy atom. The zero-order chi connectivity index (χ0) is 29.4. The summed E-state index contributed by atoms with van der Waals surface area (Å²) in [5.41, 5.74) is 2.80. The number of anilines is 1. The first-order chi connectivity index (χ1) is 18.9. The van der Waals surface area contributed by atoms with E-state index in [1.807, 2.05) is 33.8 Å². The molecule has 0 aliphatic carbocycles. The summed E-state index contributed by atoms with van der Waals surface area (Å²) in [6, 6.07) is 19.8. The topological polar surface area (TPSA) is 86.8 Å². The Balaban J connectivity index is 2.05. The third-order valence-corrected chi connectivity index (χ3v) is 8.63. The third kappa shape index (κ3) is 7.86. The number of halogens is 1. The fraction of sp³-hybridized carbons (Fsp3) is 0.355. The first-order valence-electron chi connectivity index (χ1n) is 13.4. The van der Waals surface area contributed by atoms with Crippen molar-refractivity contribution in [1.29, 1.82) is 0 Å². The summed E-state index contributed by atoms with van der Waals surface area (Å²) >= 11 is 6.07. The van der Waals surface area contributed by atoms with Crippen molar-refractivity contribution in [3.05, 3.63) is 94.5 Å². The molecule has 3 aromatic carbocycles. The minimum absolute atomic E-state index is 0.0834. The van der Waals surface area contributed by atoms with Gasteiger partial charge in [-0.25, -0.2) is 8.42 Å². The average molecular weight is 584 g/mol. The number of benzene rings is 3. The Morgan fingerprint density at radius 3 is 2.12 bits per heavy atom. The minimum atomic E-state index is -4.11. The van der Waals surface area contributed by atoms with Crippen LogP contribution in [0.25, 0.3) is 0 Å². The number of hydrogen-bond acceptors (Lipinski definition) is 4. The van der Waals surface area contributed by atoms with Crippen molar-refractivity contribution >= 4 is 39.1 Å². The van der Waals surface area contributed by atoms with Gasteiger partial charge in [0.05, 0.1) is 10.6 Å². The first kappa shape index (κ1) is 31.2. The molecule has 1 atom stereocenters. The van der Waals surface area contributed by atoms with E-state index in [0.717, 1.165) is 15.4 Å². The summed E-state index contributed by atoms with van der Waals surface area (Å²) in [5, 5.41) is 3.49. The molecule has 0 bridgehead atoms. The predicted molar refractivity (Wildman–Crippen MR) is 161 cm³/mol. The van der Waals surface area contributed by atoms with Crippen LogP contribution in [0.2, 0.25) is 5.02 Å². The molecule has 1 N–H and O–H groups in total. The summed E-state index contributed by atoms with van der Waals surface area (Å²) in [6.07, 6.45) is 0.359. The number of nitrogens with one attached hydrogen (secondary N) is 1. The maximum Gasteiger partial charge on any atom is 0.264 e. The van der Waals surface area contributed by atoms with Crippen LogP contribution >= 0.6 is 11.6 Å². The summed E-state index contributed by atoms with van der Waals surface area (Å²) in [4.78, 5) is 28.9. The molecular weight excluding hydrogens is 546 g/mol. The Hall–Kier alpha value is -3.36. The van der Waals surface area contributed by atoms with E-state index in [9.17, 15) is 18.0 Å². The van der Waals surface area contributed by atoms with Crippen molar-refractivity contribution < 1.29 is 18.0 Å². The molecule has 0 aromatic heterocycles. The standard InChI is InChI=1S/C31H38ClN3O4S/c1-6-28(31(37)33-19-22(2)3)34(20-25-13-15-26(32)16-14-25)30(36)21-35(29-10-8-7-9-24(29)5)40(38,39)27-17-11-23(4)12-18-27/h7-18,22,28H,6,19-21H2,1-5H3,(H,33,37). The van der Waals surface area contributed by atoms with Crippen LogP contribution in [0.3, 0.4) is 0 Å². The Bertz CT molecular complexity index is 1410. The summed E-state index contributed by atoms with van der Waals surface area (Å²) in [5.74, 6) is -0.527. The van der Waals surface area contributed by atoms with Gasteiger partial charge >= 0.3 is 0 Å². The lowest BCUT2D eigenvalue weighted by Crippen LogP contribution is -2.52. The summed E-state index contributed by atoms with van der Waals surface area (Å²) in [7, 11) is -4.11. The van der Waals surface area contributed by atoms with Crippen molar-refractivity contribution in [3.8, 4) is 0 Å². The molecule has 0 aliphatic heterocycles. The lowest BCUT2D eigenvalue weighted by atomic mass is 10.1. The van der Waals surface area contributed by atoms with Crippen LogP contribution in [0, 0.1) is 19.8 Å². The van der Waals surface area contributed by atoms with E-state index in [1.165, 1.54) is 4.90 Å². The minimum Gasteiger partial charge on any atom is -0.354 e. The van der Waals surface area contributed by atoms with Gasteiger partial charge in [-0.2, -0.15) is 0 Å². The highest BCUT2D eigenvalue weighted by molar-refractivity contribution is 7.92. The van der Waals surface area contributed by atoms with Crippen molar-refractivity contribution in [2.24, 2.45) is 5.92 Å². The van der Waals surface area contributed by atoms with Crippen LogP contribution in [0.15, 0.2) is 77.7 Å². The largest absolute Gasteiger partial charge is 0.354 e. The number of nitrogens with zero attached hydrogens (tertiary/aromatic N) is 2. The quantitative estimate of drug-likeness (QED) is 0.295. The summed E-state index contributed by atoms with van der Waals surface area (Å²) in [6.45, 7) is 9.62. The zero-order valence-corrected chi connectivity index (χ0v) is 25.3. The van der Waals surface area contributed by atoms with E-state index >= 15 is 0 Å². The molecule has 2 amide bonds. The van der Waals surface area contributed by atoms with Gasteiger partial charge in [0.25, 0.3) is 10.0 Å². The number of amides is 2. The molecular formula is C31H38ClN3O4S. The SMILES string of the molecule is CCC(C(=O)NCC(C)C)N(Cc1ccc(Cl)cc1)C(=O)CN(c1ccccc1C)S(=O)(=O)c1ccc(C)cc1. The molecule has 0 saturated carbocycles. The molecule has 0 radical (unpaired) electrons. The fourth-order valence-electron chi connectivity index (χ4n) is 4.32. The van der Waals surface area contributed by atoms with Gasteiger partial charge in [0, 0.05) is 18.1 Å². The summed E-state index contributed by atoms with van der Waals surface area (Å²) < 4.78 is 29.1. The second kappa shape index (κ2) is 13.8. The maximum atomic E-state index is 14.1. The Labute approximate surface area is 243 Å². The van der Waals surface area contributed by atoms with E-state index in [0.29, 0.717) is 29.2 Å². The number of carbonyl (C=O) groups excluding carboxylic acids is 2. The van der Waals surface area contributed by atoms with Crippen LogP contribution in [-0.4, -0.2) is 44.3 Å². The Kier molecular flexibility index (Phi) is 10.8. The highest BCUT2D eigenvalue weighted by Crippen LogP contribution is 2.28. The molecule has 0 spiro atoms. The van der Waals surface area contributed by atoms with Crippen LogP contribution in [-0.2, 0) is 26.2 Å². The van der Waals surface area contributed by atoms with E-state index in [-0.39, 0.29) is 23.3 Å². The van der Waals surface area contributed by atoms with Crippen LogP contribution < -0.4 is 9.62 Å². The van der Waals surface area contributed by atoms with E-state index < -0.39 is 28.5 Å². The number of aryl methyl sites for hydroxylation is 2. The fourth-order valence-corrected chi connectivity index (χ4v) is 5.93. The van der Waals surface area contributed by atoms with Gasteiger partial charge in [0.1, 0.15) is 12.6 Å². The number of sulfonamides is 1. The van der Waals surface area contributed by atoms with Gasteiger partial charge in [0.15, 0.2) is 0 Å². The monoisotopic (exact) mass is 583 g/mol.